The van der Waals surface area contributed by atoms with Gasteiger partial charge in [-0.25, -0.2) is 17.2 Å². The Morgan fingerprint density at radius 2 is 1.91 bits per heavy atom. The highest BCUT2D eigenvalue weighted by Gasteiger charge is 2.38. The summed E-state index contributed by atoms with van der Waals surface area (Å²) in [5, 5.41) is 17.7. The molecule has 9 heteroatoms. The first-order chi connectivity index (χ1) is 10.7. The molecule has 0 bridgehead atoms. The molecule has 1 N–H and O–H groups in total. The number of nitrogens with zero attached hydrogens (tertiary/aromatic N) is 2. The summed E-state index contributed by atoms with van der Waals surface area (Å²) in [6, 6.07) is 2.80. The van der Waals surface area contributed by atoms with Crippen molar-refractivity contribution >= 4 is 16.0 Å². The van der Waals surface area contributed by atoms with Crippen LogP contribution in [0.25, 0.3) is 0 Å². The van der Waals surface area contributed by atoms with Gasteiger partial charge in [0, 0.05) is 13.1 Å². The summed E-state index contributed by atoms with van der Waals surface area (Å²) in [6.45, 7) is 1.30. The molecule has 1 heterocycles. The van der Waals surface area contributed by atoms with Gasteiger partial charge in [-0.3, -0.25) is 4.79 Å². The lowest BCUT2D eigenvalue weighted by atomic mass is 9.92. The number of nitriles is 1. The van der Waals surface area contributed by atoms with Crippen molar-refractivity contribution in [1.29, 1.82) is 5.26 Å². The Hall–Kier alpha value is -2.05. The number of aliphatic carboxylic acids is 1. The molecule has 2 rings (SSSR count). The summed E-state index contributed by atoms with van der Waals surface area (Å²) in [6.07, 6.45) is 0.291. The molecule has 1 aromatic rings. The molecule has 0 amide bonds. The highest BCUT2D eigenvalue weighted by atomic mass is 32.2. The van der Waals surface area contributed by atoms with Gasteiger partial charge < -0.3 is 5.11 Å². The van der Waals surface area contributed by atoms with E-state index in [1.54, 1.807) is 6.92 Å². The highest BCUT2D eigenvalue weighted by Crippen LogP contribution is 2.30. The predicted molar refractivity (Wildman–Crippen MR) is 74.7 cm³/mol. The Morgan fingerprint density at radius 3 is 2.39 bits per heavy atom. The quantitative estimate of drug-likeness (QED) is 0.897. The van der Waals surface area contributed by atoms with Crippen LogP contribution in [0.3, 0.4) is 0 Å². The van der Waals surface area contributed by atoms with E-state index in [0.29, 0.717) is 18.6 Å². The summed E-state index contributed by atoms with van der Waals surface area (Å²) in [5.74, 6) is -5.09. The van der Waals surface area contributed by atoms with Gasteiger partial charge in [-0.2, -0.15) is 9.57 Å². The Kier molecular flexibility index (Phi) is 4.68. The summed E-state index contributed by atoms with van der Waals surface area (Å²) in [4.78, 5) is 9.96. The van der Waals surface area contributed by atoms with Crippen molar-refractivity contribution in [2.75, 3.05) is 13.1 Å². The van der Waals surface area contributed by atoms with Gasteiger partial charge in [0.2, 0.25) is 10.0 Å². The van der Waals surface area contributed by atoms with E-state index in [1.165, 1.54) is 6.07 Å². The van der Waals surface area contributed by atoms with Gasteiger partial charge in [-0.1, -0.05) is 6.92 Å². The topological polar surface area (TPSA) is 98.5 Å². The fourth-order valence-corrected chi connectivity index (χ4v) is 4.37. The summed E-state index contributed by atoms with van der Waals surface area (Å²) >= 11 is 0. The molecular formula is C14H14F2N2O4S. The van der Waals surface area contributed by atoms with Crippen molar-refractivity contribution in [2.24, 2.45) is 11.8 Å². The summed E-state index contributed by atoms with van der Waals surface area (Å²) in [5.41, 5.74) is -0.339. The maximum absolute atomic E-state index is 14.0. The summed E-state index contributed by atoms with van der Waals surface area (Å²) in [7, 11) is -4.54. The van der Waals surface area contributed by atoms with E-state index < -0.39 is 38.4 Å². The molecule has 1 aliphatic rings. The second-order valence-corrected chi connectivity index (χ2v) is 7.45. The van der Waals surface area contributed by atoms with Crippen molar-refractivity contribution < 1.29 is 27.1 Å². The minimum atomic E-state index is -4.54. The normalized spacial score (nSPS) is 22.5. The minimum absolute atomic E-state index is 0.0228. The Balaban J connectivity index is 2.46. The van der Waals surface area contributed by atoms with Gasteiger partial charge in [0.1, 0.15) is 11.6 Å². The molecule has 1 fully saturated rings. The molecule has 23 heavy (non-hydrogen) atoms. The molecule has 0 spiro atoms. The maximum Gasteiger partial charge on any atom is 0.307 e. The molecule has 0 aliphatic carbocycles. The zero-order valence-electron chi connectivity index (χ0n) is 12.2. The molecule has 6 nitrogen and oxygen atoms in total. The number of piperidine rings is 1. The van der Waals surface area contributed by atoms with Gasteiger partial charge in [0.05, 0.1) is 17.6 Å². The van der Waals surface area contributed by atoms with E-state index in [9.17, 15) is 22.0 Å². The molecule has 2 atom stereocenters. The number of carboxylic acid groups (broad SMARTS) is 1. The number of hydrogen-bond acceptors (Lipinski definition) is 4. The van der Waals surface area contributed by atoms with E-state index in [2.05, 4.69) is 0 Å². The lowest BCUT2D eigenvalue weighted by Crippen LogP contribution is -2.45. The molecule has 0 saturated carbocycles. The summed E-state index contributed by atoms with van der Waals surface area (Å²) < 4.78 is 53.8. The van der Waals surface area contributed by atoms with Gasteiger partial charge in [-0.15, -0.1) is 0 Å². The van der Waals surface area contributed by atoms with Crippen molar-refractivity contribution in [3.63, 3.8) is 0 Å². The second-order valence-electron chi connectivity index (χ2n) is 5.58. The third-order valence-electron chi connectivity index (χ3n) is 3.70. The lowest BCUT2D eigenvalue weighted by molar-refractivity contribution is -0.143. The Labute approximate surface area is 132 Å². The molecule has 0 radical (unpaired) electrons. The zero-order chi connectivity index (χ0) is 17.4. The van der Waals surface area contributed by atoms with Gasteiger partial charge in [-0.05, 0) is 24.5 Å². The maximum atomic E-state index is 14.0. The third kappa shape index (κ3) is 3.33. The van der Waals surface area contributed by atoms with Gasteiger partial charge in [0.15, 0.2) is 4.90 Å². The standard InChI is InChI=1S/C14H14F2N2O4S/c1-8-2-10(14(19)20)7-18(6-8)23(21,22)13-11(15)3-9(5-17)4-12(13)16/h3-4,8,10H,2,6-7H2,1H3,(H,19,20). The van der Waals surface area contributed by atoms with E-state index in [4.69, 9.17) is 10.4 Å². The Morgan fingerprint density at radius 1 is 1.35 bits per heavy atom. The molecule has 1 saturated heterocycles. The van der Waals surface area contributed by atoms with E-state index in [0.717, 1.165) is 4.31 Å². The van der Waals surface area contributed by atoms with E-state index >= 15 is 0 Å². The van der Waals surface area contributed by atoms with Crippen molar-refractivity contribution in [3.8, 4) is 6.07 Å². The lowest BCUT2D eigenvalue weighted by Gasteiger charge is -2.33. The number of halogens is 2. The third-order valence-corrected chi connectivity index (χ3v) is 5.58. The smallest absolute Gasteiger partial charge is 0.307 e. The monoisotopic (exact) mass is 344 g/mol. The molecule has 124 valence electrons. The number of sulfonamides is 1. The van der Waals surface area contributed by atoms with Crippen LogP contribution in [0, 0.1) is 34.8 Å². The number of benzene rings is 1. The van der Waals surface area contributed by atoms with Crippen LogP contribution in [0.2, 0.25) is 0 Å². The van der Waals surface area contributed by atoms with Crippen LogP contribution in [-0.2, 0) is 14.8 Å². The molecule has 1 aliphatic heterocycles. The average Bonchev–Trinajstić information content (AvgIpc) is 2.45. The number of carboxylic acids is 1. The SMILES string of the molecule is CC1CC(C(=O)O)CN(S(=O)(=O)c2c(F)cc(C#N)cc2F)C1. The zero-order valence-corrected chi connectivity index (χ0v) is 13.0. The minimum Gasteiger partial charge on any atom is -0.481 e. The van der Waals surface area contributed by atoms with E-state index in [-0.39, 0.29) is 24.6 Å². The first-order valence-electron chi connectivity index (χ1n) is 6.79. The van der Waals surface area contributed by atoms with Crippen molar-refractivity contribution in [1.82, 2.24) is 4.31 Å². The Bertz CT molecular complexity index is 765. The molecule has 2 unspecified atom stereocenters. The van der Waals surface area contributed by atoms with E-state index in [1.807, 2.05) is 0 Å². The van der Waals surface area contributed by atoms with Crippen LogP contribution in [0.15, 0.2) is 17.0 Å². The van der Waals surface area contributed by atoms with Crippen LogP contribution in [-0.4, -0.2) is 36.9 Å². The molecular weight excluding hydrogens is 330 g/mol. The number of carbonyl (C=O) groups is 1. The fraction of sp³-hybridized carbons (Fsp3) is 0.429. The average molecular weight is 344 g/mol. The van der Waals surface area contributed by atoms with Crippen LogP contribution >= 0.6 is 0 Å². The molecule has 1 aromatic carbocycles. The van der Waals surface area contributed by atoms with Crippen LogP contribution in [0.5, 0.6) is 0 Å². The van der Waals surface area contributed by atoms with Crippen LogP contribution < -0.4 is 0 Å². The van der Waals surface area contributed by atoms with Crippen LogP contribution in [0.1, 0.15) is 18.9 Å². The molecule has 0 aromatic heterocycles. The number of hydrogen-bond donors (Lipinski definition) is 1. The first kappa shape index (κ1) is 17.3. The predicted octanol–water partition coefficient (Wildman–Crippen LogP) is 1.57. The highest BCUT2D eigenvalue weighted by molar-refractivity contribution is 7.89. The first-order valence-corrected chi connectivity index (χ1v) is 8.23. The fourth-order valence-electron chi connectivity index (χ4n) is 2.68. The van der Waals surface area contributed by atoms with Gasteiger partial charge in [0.25, 0.3) is 0 Å². The second kappa shape index (κ2) is 6.22. The number of rotatable bonds is 3. The van der Waals surface area contributed by atoms with Gasteiger partial charge >= 0.3 is 5.97 Å². The van der Waals surface area contributed by atoms with Crippen molar-refractivity contribution in [3.05, 3.63) is 29.3 Å². The van der Waals surface area contributed by atoms with Crippen LogP contribution in [0.4, 0.5) is 8.78 Å². The largest absolute Gasteiger partial charge is 0.481 e. The van der Waals surface area contributed by atoms with Crippen molar-refractivity contribution in [2.45, 2.75) is 18.2 Å².